The minimum absolute atomic E-state index is 0.0744. The molecule has 0 saturated heterocycles. The highest BCUT2D eigenvalue weighted by atomic mass is 19.4. The van der Waals surface area contributed by atoms with Crippen LogP contribution in [0.5, 0.6) is 23.0 Å². The van der Waals surface area contributed by atoms with Gasteiger partial charge in [-0.2, -0.15) is 0 Å². The van der Waals surface area contributed by atoms with Gasteiger partial charge in [-0.25, -0.2) is 28.5 Å². The predicted octanol–water partition coefficient (Wildman–Crippen LogP) is 3.70. The van der Waals surface area contributed by atoms with Crippen LogP contribution in [0.1, 0.15) is 50.4 Å². The Morgan fingerprint density at radius 1 is 0.981 bits per heavy atom. The summed E-state index contributed by atoms with van der Waals surface area (Å²) < 4.78 is 59.6. The Morgan fingerprint density at radius 2 is 1.67 bits per heavy atom. The van der Waals surface area contributed by atoms with Crippen molar-refractivity contribution in [2.75, 3.05) is 14.2 Å². The van der Waals surface area contributed by atoms with Gasteiger partial charge in [0, 0.05) is 49.5 Å². The van der Waals surface area contributed by atoms with E-state index in [1.54, 1.807) is 32.2 Å². The molecule has 3 aliphatic rings. The number of ketones is 2. The second-order valence-corrected chi connectivity index (χ2v) is 13.9. The molecule has 4 aromatic rings. The highest BCUT2D eigenvalue weighted by molar-refractivity contribution is 6.15. The van der Waals surface area contributed by atoms with Crippen LogP contribution in [0.4, 0.5) is 13.2 Å². The van der Waals surface area contributed by atoms with Crippen LogP contribution in [0.25, 0.3) is 11.0 Å². The standard InChI is InChI=1S/C37H36F3N5O9/c1-17-18(2)32(48)36(3)22(31(17)47)14-25-20(30(36)21-13-19(7-8-27(21)46)54-37(38,39)40)9-12-44-34(50)43(35(51)45(25)44)11-10-23-33(49)42(4)26-16-29(53-6)28(52-5)15-24(26)41-23/h7-9,13,15-16,22,25,30,46H,10-12,14H2,1-6H3/t22-,25+,30+,36+/m0/s1. The molecule has 0 bridgehead atoms. The molecular weight excluding hydrogens is 715 g/mol. The van der Waals surface area contributed by atoms with E-state index in [1.807, 2.05) is 0 Å². The van der Waals surface area contributed by atoms with Crippen LogP contribution in [-0.4, -0.2) is 60.7 Å². The Hall–Kier alpha value is -5.87. The molecule has 1 fully saturated rings. The second-order valence-electron chi connectivity index (χ2n) is 13.9. The lowest BCUT2D eigenvalue weighted by molar-refractivity contribution is -0.274. The van der Waals surface area contributed by atoms with E-state index < -0.39 is 63.9 Å². The summed E-state index contributed by atoms with van der Waals surface area (Å²) in [6.07, 6.45) is -3.65. The smallest absolute Gasteiger partial charge is 0.508 e. The third-order valence-electron chi connectivity index (χ3n) is 11.3. The van der Waals surface area contributed by atoms with Crippen molar-refractivity contribution in [2.45, 2.75) is 65.0 Å². The molecule has 2 aromatic heterocycles. The number of halogens is 3. The molecule has 4 atom stereocenters. The van der Waals surface area contributed by atoms with Crippen molar-refractivity contribution in [1.29, 1.82) is 0 Å². The number of Topliss-reactive ketones (excluding diaryl/α,β-unsaturated/α-hetero) is 2. The van der Waals surface area contributed by atoms with Crippen molar-refractivity contribution >= 4 is 22.6 Å². The molecule has 17 heteroatoms. The largest absolute Gasteiger partial charge is 0.573 e. The molecule has 2 aromatic carbocycles. The lowest BCUT2D eigenvalue weighted by Gasteiger charge is -2.53. The number of aryl methyl sites for hydroxylation is 2. The van der Waals surface area contributed by atoms with Crippen molar-refractivity contribution in [3.63, 3.8) is 0 Å². The fourth-order valence-electron chi connectivity index (χ4n) is 8.48. The Bertz CT molecular complexity index is 2540. The van der Waals surface area contributed by atoms with Gasteiger partial charge in [-0.3, -0.25) is 14.4 Å². The van der Waals surface area contributed by atoms with Gasteiger partial charge in [-0.15, -0.1) is 13.2 Å². The number of phenolic OH excluding ortho intramolecular Hbond substituents is 1. The van der Waals surface area contributed by atoms with Gasteiger partial charge in [0.2, 0.25) is 0 Å². The van der Waals surface area contributed by atoms with E-state index in [0.29, 0.717) is 28.1 Å². The number of fused-ring (bicyclic) bond motifs is 5. The lowest BCUT2D eigenvalue weighted by atomic mass is 9.50. The number of carbonyl (C=O) groups excluding carboxylic acids is 2. The Morgan fingerprint density at radius 3 is 2.33 bits per heavy atom. The summed E-state index contributed by atoms with van der Waals surface area (Å²) in [6, 6.07) is 5.14. The monoisotopic (exact) mass is 751 g/mol. The minimum atomic E-state index is -5.06. The first-order chi connectivity index (χ1) is 25.4. The van der Waals surface area contributed by atoms with Crippen LogP contribution in [-0.2, 0) is 36.1 Å². The summed E-state index contributed by atoms with van der Waals surface area (Å²) in [5.74, 6) is -3.42. The van der Waals surface area contributed by atoms with Crippen LogP contribution in [0, 0.1) is 11.3 Å². The van der Waals surface area contributed by atoms with Crippen molar-refractivity contribution < 1.29 is 42.1 Å². The van der Waals surface area contributed by atoms with E-state index >= 15 is 0 Å². The highest BCUT2D eigenvalue weighted by Gasteiger charge is 2.61. The van der Waals surface area contributed by atoms with Crippen molar-refractivity contribution in [1.82, 2.24) is 23.5 Å². The molecule has 1 N–H and O–H groups in total. The summed E-state index contributed by atoms with van der Waals surface area (Å²) in [4.78, 5) is 74.2. The maximum atomic E-state index is 14.2. The molecule has 2 aliphatic carbocycles. The molecule has 3 heterocycles. The number of alkyl halides is 3. The zero-order chi connectivity index (χ0) is 39.2. The van der Waals surface area contributed by atoms with Gasteiger partial charge in [-0.05, 0) is 55.2 Å². The SMILES string of the molecule is COc1cc2nc(CCn3c(=O)n4n(c3=O)[C@@H]3C[C@H]5C(=O)C(C)=C(C)C(=O)[C@@]5(C)[C@@H](c5cc(OC(F)(F)F)ccc5O)C3=CC4)c(=O)n(C)c2cc1OC. The molecule has 284 valence electrons. The second kappa shape index (κ2) is 12.6. The number of ether oxygens (including phenoxy) is 3. The number of nitrogens with zero attached hydrogens (tertiary/aromatic N) is 5. The molecule has 14 nitrogen and oxygen atoms in total. The average Bonchev–Trinajstić information content (AvgIpc) is 3.38. The number of aromatic nitrogens is 5. The summed E-state index contributed by atoms with van der Waals surface area (Å²) in [6.45, 7) is 4.16. The van der Waals surface area contributed by atoms with Gasteiger partial charge in [0.1, 0.15) is 17.2 Å². The number of allylic oxidation sites excluding steroid dienone is 4. The summed E-state index contributed by atoms with van der Waals surface area (Å²) in [5, 5.41) is 11.1. The molecule has 0 amide bonds. The zero-order valence-electron chi connectivity index (χ0n) is 30.1. The summed E-state index contributed by atoms with van der Waals surface area (Å²) >= 11 is 0. The quantitative estimate of drug-likeness (QED) is 0.275. The number of methoxy groups -OCH3 is 2. The van der Waals surface area contributed by atoms with E-state index in [-0.39, 0.29) is 54.1 Å². The topological polar surface area (TPSA) is 166 Å². The minimum Gasteiger partial charge on any atom is -0.508 e. The van der Waals surface area contributed by atoms with Gasteiger partial charge < -0.3 is 23.9 Å². The number of hydrogen-bond acceptors (Lipinski definition) is 10. The number of rotatable bonds is 7. The average molecular weight is 752 g/mol. The van der Waals surface area contributed by atoms with Crippen LogP contribution in [0.15, 0.2) is 67.5 Å². The van der Waals surface area contributed by atoms with Gasteiger partial charge in [0.15, 0.2) is 23.1 Å². The van der Waals surface area contributed by atoms with Crippen LogP contribution in [0.3, 0.4) is 0 Å². The normalized spacial score (nSPS) is 22.5. The first-order valence-corrected chi connectivity index (χ1v) is 17.0. The molecule has 7 rings (SSSR count). The fraction of sp³-hybridized carbons (Fsp3) is 0.405. The Kier molecular flexibility index (Phi) is 8.53. The number of aromatic hydroxyl groups is 1. The number of hydrogen-bond donors (Lipinski definition) is 1. The fourth-order valence-corrected chi connectivity index (χ4v) is 8.48. The summed E-state index contributed by atoms with van der Waals surface area (Å²) in [7, 11) is 4.47. The van der Waals surface area contributed by atoms with Crippen molar-refractivity contribution in [3.8, 4) is 23.0 Å². The summed E-state index contributed by atoms with van der Waals surface area (Å²) in [5.41, 5.74) is -1.89. The molecular formula is C37H36F3N5O9. The maximum absolute atomic E-state index is 14.2. The van der Waals surface area contributed by atoms with Crippen molar-refractivity contribution in [3.05, 3.63) is 95.7 Å². The van der Waals surface area contributed by atoms with E-state index in [9.17, 15) is 42.3 Å². The van der Waals surface area contributed by atoms with E-state index in [2.05, 4.69) is 9.72 Å². The van der Waals surface area contributed by atoms with Gasteiger partial charge in [0.05, 0.1) is 43.3 Å². The van der Waals surface area contributed by atoms with E-state index in [4.69, 9.17) is 9.47 Å². The van der Waals surface area contributed by atoms with Crippen LogP contribution < -0.4 is 31.1 Å². The van der Waals surface area contributed by atoms with Gasteiger partial charge in [0.25, 0.3) is 5.56 Å². The van der Waals surface area contributed by atoms with E-state index in [0.717, 1.165) is 22.8 Å². The first-order valence-electron chi connectivity index (χ1n) is 17.0. The number of benzene rings is 2. The highest BCUT2D eigenvalue weighted by Crippen LogP contribution is 2.61. The van der Waals surface area contributed by atoms with Crippen LogP contribution in [0.2, 0.25) is 0 Å². The van der Waals surface area contributed by atoms with Gasteiger partial charge in [-0.1, -0.05) is 13.0 Å². The zero-order valence-corrected chi connectivity index (χ0v) is 30.1. The lowest BCUT2D eigenvalue weighted by Crippen LogP contribution is -2.55. The third kappa shape index (κ3) is 5.38. The predicted molar refractivity (Wildman–Crippen MR) is 186 cm³/mol. The molecule has 1 saturated carbocycles. The molecule has 0 spiro atoms. The molecule has 1 aliphatic heterocycles. The van der Waals surface area contributed by atoms with Crippen molar-refractivity contribution in [2.24, 2.45) is 18.4 Å². The molecule has 54 heavy (non-hydrogen) atoms. The first kappa shape index (κ1) is 36.5. The Balaban J connectivity index is 1.33. The van der Waals surface area contributed by atoms with Gasteiger partial charge >= 0.3 is 17.7 Å². The molecule has 0 radical (unpaired) electrons. The maximum Gasteiger partial charge on any atom is 0.573 e. The Labute approximate surface area is 304 Å². The molecule has 0 unspecified atom stereocenters. The third-order valence-corrected chi connectivity index (χ3v) is 11.3. The number of carbonyl (C=O) groups is 2. The number of phenols is 1. The van der Waals surface area contributed by atoms with E-state index in [1.165, 1.54) is 42.0 Å². The van der Waals surface area contributed by atoms with Crippen LogP contribution >= 0.6 is 0 Å².